The Morgan fingerprint density at radius 3 is 2.72 bits per heavy atom. The highest BCUT2D eigenvalue weighted by molar-refractivity contribution is 7.89. The molecule has 3 heterocycles. The molecule has 210 valence electrons. The van der Waals surface area contributed by atoms with Gasteiger partial charge in [-0.05, 0) is 61.6 Å². The van der Waals surface area contributed by atoms with Crippen LogP contribution in [-0.2, 0) is 14.8 Å². The first kappa shape index (κ1) is 28.5. The number of carbonyl (C=O) groups excluding carboxylic acids is 2. The van der Waals surface area contributed by atoms with Gasteiger partial charge in [0.15, 0.2) is 10.8 Å². The Morgan fingerprint density at radius 2 is 2.03 bits per heavy atom. The molecule has 12 heteroatoms. The number of methoxy groups -OCH3 is 1. The molecule has 0 bridgehead atoms. The molecule has 11 nitrogen and oxygen atoms in total. The summed E-state index contributed by atoms with van der Waals surface area (Å²) in [5.41, 5.74) is 0.512. The van der Waals surface area contributed by atoms with Crippen molar-refractivity contribution in [1.82, 2.24) is 19.9 Å². The number of carbonyl (C=O) groups is 2. The van der Waals surface area contributed by atoms with Crippen molar-refractivity contribution in [3.8, 4) is 5.75 Å². The van der Waals surface area contributed by atoms with Crippen molar-refractivity contribution < 1.29 is 32.3 Å². The Morgan fingerprint density at radius 1 is 1.23 bits per heavy atom. The number of rotatable bonds is 9. The second-order valence-electron chi connectivity index (χ2n) is 10.0. The third-order valence-electron chi connectivity index (χ3n) is 6.62. The van der Waals surface area contributed by atoms with E-state index in [1.54, 1.807) is 43.5 Å². The van der Waals surface area contributed by atoms with Gasteiger partial charge in [-0.1, -0.05) is 19.9 Å². The van der Waals surface area contributed by atoms with Crippen LogP contribution >= 0.6 is 0 Å². The summed E-state index contributed by atoms with van der Waals surface area (Å²) in [5, 5.41) is 17.1. The summed E-state index contributed by atoms with van der Waals surface area (Å²) in [6.45, 7) is 3.86. The van der Waals surface area contributed by atoms with E-state index >= 15 is 0 Å². The third-order valence-corrected chi connectivity index (χ3v) is 8.41. The highest BCUT2D eigenvalue weighted by Crippen LogP contribution is 2.25. The van der Waals surface area contributed by atoms with Crippen molar-refractivity contribution in [2.24, 2.45) is 5.92 Å². The molecule has 1 saturated heterocycles. The molecule has 2 unspecified atom stereocenters. The molecule has 2 aromatic heterocycles. The van der Waals surface area contributed by atoms with Crippen LogP contribution < -0.4 is 15.4 Å². The highest BCUT2D eigenvalue weighted by atomic mass is 32.2. The van der Waals surface area contributed by atoms with Gasteiger partial charge < -0.3 is 24.9 Å². The molecule has 1 aliphatic heterocycles. The number of hydrogen-bond acceptors (Lipinski definition) is 8. The molecule has 0 aliphatic carbocycles. The molecule has 3 atom stereocenters. The van der Waals surface area contributed by atoms with E-state index in [0.717, 1.165) is 0 Å². The van der Waals surface area contributed by atoms with Gasteiger partial charge in [0.2, 0.25) is 5.91 Å². The van der Waals surface area contributed by atoms with Crippen LogP contribution in [0.2, 0.25) is 0 Å². The smallest absolute Gasteiger partial charge is 0.287 e. The SMILES string of the molecule is COc1ccc2oc(C(=O)NC(CC(C)C)C(=O)NC3CCCN(S(=O)(=O)c4ccccn4)C[C@@H]3O)cc2c1. The summed E-state index contributed by atoms with van der Waals surface area (Å²) in [7, 11) is -2.34. The molecule has 39 heavy (non-hydrogen) atoms. The number of aliphatic hydroxyl groups excluding tert-OH is 1. The lowest BCUT2D eigenvalue weighted by Gasteiger charge is -2.27. The van der Waals surface area contributed by atoms with E-state index in [0.29, 0.717) is 36.0 Å². The van der Waals surface area contributed by atoms with Gasteiger partial charge in [0.05, 0.1) is 19.3 Å². The number of fused-ring (bicyclic) bond motifs is 1. The van der Waals surface area contributed by atoms with E-state index in [2.05, 4.69) is 15.6 Å². The van der Waals surface area contributed by atoms with E-state index in [-0.39, 0.29) is 29.8 Å². The number of nitrogens with zero attached hydrogens (tertiary/aromatic N) is 2. The molecule has 3 N–H and O–H groups in total. The van der Waals surface area contributed by atoms with E-state index in [1.807, 2.05) is 13.8 Å². The number of nitrogens with one attached hydrogen (secondary N) is 2. The fourth-order valence-corrected chi connectivity index (χ4v) is 6.03. The van der Waals surface area contributed by atoms with E-state index in [9.17, 15) is 23.1 Å². The van der Waals surface area contributed by atoms with Gasteiger partial charge in [0.1, 0.15) is 17.4 Å². The van der Waals surface area contributed by atoms with Gasteiger partial charge in [-0.25, -0.2) is 13.4 Å². The van der Waals surface area contributed by atoms with Gasteiger partial charge in [0, 0.05) is 24.7 Å². The minimum Gasteiger partial charge on any atom is -0.497 e. The molecule has 0 saturated carbocycles. The largest absolute Gasteiger partial charge is 0.497 e. The predicted octanol–water partition coefficient (Wildman–Crippen LogP) is 2.31. The number of aromatic nitrogens is 1. The minimum atomic E-state index is -3.89. The average molecular weight is 559 g/mol. The molecular formula is C27H34N4O7S. The van der Waals surface area contributed by atoms with Crippen LogP contribution in [0.1, 0.15) is 43.7 Å². The first-order valence-corrected chi connectivity index (χ1v) is 14.3. The molecule has 1 fully saturated rings. The Hall–Kier alpha value is -3.48. The third kappa shape index (κ3) is 6.75. The second kappa shape index (κ2) is 12.1. The number of sulfonamides is 1. The number of ether oxygens (including phenoxy) is 1. The van der Waals surface area contributed by atoms with Crippen molar-refractivity contribution >= 4 is 32.8 Å². The number of hydrogen-bond donors (Lipinski definition) is 3. The van der Waals surface area contributed by atoms with E-state index in [1.165, 1.54) is 16.6 Å². The Bertz CT molecular complexity index is 1410. The van der Waals surface area contributed by atoms with Gasteiger partial charge in [-0.2, -0.15) is 4.31 Å². The fraction of sp³-hybridized carbons (Fsp3) is 0.444. The minimum absolute atomic E-state index is 0.0599. The topological polar surface area (TPSA) is 151 Å². The highest BCUT2D eigenvalue weighted by Gasteiger charge is 2.35. The summed E-state index contributed by atoms with van der Waals surface area (Å²) >= 11 is 0. The first-order valence-electron chi connectivity index (χ1n) is 12.9. The summed E-state index contributed by atoms with van der Waals surface area (Å²) in [4.78, 5) is 30.3. The van der Waals surface area contributed by atoms with Crippen molar-refractivity contribution in [2.45, 2.75) is 56.3 Å². The normalized spacial score (nSPS) is 19.4. The maximum Gasteiger partial charge on any atom is 0.287 e. The van der Waals surface area contributed by atoms with Gasteiger partial charge in [0.25, 0.3) is 15.9 Å². The van der Waals surface area contributed by atoms with Crippen LogP contribution in [0.15, 0.2) is 58.1 Å². The van der Waals surface area contributed by atoms with Gasteiger partial charge in [-0.15, -0.1) is 0 Å². The lowest BCUT2D eigenvalue weighted by Crippen LogP contribution is -2.54. The Kier molecular flexibility index (Phi) is 8.88. The number of pyridine rings is 1. The number of aliphatic hydroxyl groups is 1. The molecule has 0 spiro atoms. The van der Waals surface area contributed by atoms with Crippen LogP contribution in [0, 0.1) is 5.92 Å². The Labute approximate surface area is 227 Å². The zero-order valence-electron chi connectivity index (χ0n) is 22.2. The molecule has 1 aromatic carbocycles. The molecule has 1 aliphatic rings. The summed E-state index contributed by atoms with van der Waals surface area (Å²) in [6.07, 6.45) is 1.41. The van der Waals surface area contributed by atoms with Crippen molar-refractivity contribution in [3.05, 3.63) is 54.4 Å². The average Bonchev–Trinajstić information content (AvgIpc) is 3.26. The van der Waals surface area contributed by atoms with Crippen LogP contribution in [-0.4, -0.2) is 73.0 Å². The molecular weight excluding hydrogens is 524 g/mol. The van der Waals surface area contributed by atoms with Crippen molar-refractivity contribution in [3.63, 3.8) is 0 Å². The molecule has 0 radical (unpaired) electrons. The van der Waals surface area contributed by atoms with E-state index < -0.39 is 40.0 Å². The Balaban J connectivity index is 1.44. The van der Waals surface area contributed by atoms with Crippen molar-refractivity contribution in [1.29, 1.82) is 0 Å². The second-order valence-corrected chi connectivity index (χ2v) is 11.9. The van der Waals surface area contributed by atoms with Crippen LogP contribution in [0.5, 0.6) is 5.75 Å². The van der Waals surface area contributed by atoms with E-state index in [4.69, 9.17) is 9.15 Å². The standard InChI is InChI=1S/C27H34N4O7S/c1-17(2)13-21(30-27(34)24-15-18-14-19(37-3)9-10-23(18)38-24)26(33)29-20-7-6-12-31(16-22(20)32)39(35,36)25-8-4-5-11-28-25/h4-5,8-11,14-15,17,20-22,32H,6-7,12-13,16H2,1-3H3,(H,29,33)(H,30,34)/t20?,21?,22-/m0/s1. The number of amides is 2. The lowest BCUT2D eigenvalue weighted by molar-refractivity contribution is -0.125. The van der Waals surface area contributed by atoms with Crippen LogP contribution in [0.3, 0.4) is 0 Å². The molecule has 3 aromatic rings. The lowest BCUT2D eigenvalue weighted by atomic mass is 10.0. The summed E-state index contributed by atoms with van der Waals surface area (Å²) in [5.74, 6) is -0.232. The van der Waals surface area contributed by atoms with Crippen molar-refractivity contribution in [2.75, 3.05) is 20.2 Å². The number of β-amino-alcohol motifs (C(OH)–C–C–N with tert-alkyl or cyclic N) is 1. The zero-order valence-corrected chi connectivity index (χ0v) is 23.0. The maximum atomic E-state index is 13.3. The fourth-order valence-electron chi connectivity index (χ4n) is 4.60. The quantitative estimate of drug-likeness (QED) is 0.362. The molecule has 2 amide bonds. The summed E-state index contributed by atoms with van der Waals surface area (Å²) < 4.78 is 38.1. The van der Waals surface area contributed by atoms with Gasteiger partial charge in [-0.3, -0.25) is 9.59 Å². The molecule has 4 rings (SSSR count). The van der Waals surface area contributed by atoms with Crippen LogP contribution in [0.25, 0.3) is 11.0 Å². The maximum absolute atomic E-state index is 13.3. The summed E-state index contributed by atoms with van der Waals surface area (Å²) in [6, 6.07) is 9.81. The van der Waals surface area contributed by atoms with Crippen LogP contribution in [0.4, 0.5) is 0 Å². The predicted molar refractivity (Wildman–Crippen MR) is 144 cm³/mol. The van der Waals surface area contributed by atoms with Gasteiger partial charge >= 0.3 is 0 Å². The zero-order chi connectivity index (χ0) is 28.2. The monoisotopic (exact) mass is 558 g/mol. The number of benzene rings is 1. The number of furan rings is 1. The first-order chi connectivity index (χ1) is 18.6.